The second-order valence-corrected chi connectivity index (χ2v) is 6.75. The lowest BCUT2D eigenvalue weighted by Gasteiger charge is -2.35. The molecule has 0 bridgehead atoms. The molecule has 1 fully saturated rings. The van der Waals surface area contributed by atoms with Gasteiger partial charge in [-0.3, -0.25) is 4.68 Å². The van der Waals surface area contributed by atoms with Crippen LogP contribution in [0.5, 0.6) is 5.88 Å². The number of nitrogens with zero attached hydrogens (tertiary/aromatic N) is 7. The van der Waals surface area contributed by atoms with Gasteiger partial charge in [0, 0.05) is 0 Å². The molecule has 1 aliphatic carbocycles. The molecule has 1 aliphatic rings. The highest BCUT2D eigenvalue weighted by molar-refractivity contribution is 9.10. The topological polar surface area (TPSA) is 95.6 Å². The lowest BCUT2D eigenvalue weighted by Crippen LogP contribution is -2.31. The molecule has 0 atom stereocenters. The van der Waals surface area contributed by atoms with Crippen molar-refractivity contribution in [3.8, 4) is 5.88 Å². The lowest BCUT2D eigenvalue weighted by atomic mass is 9.87. The van der Waals surface area contributed by atoms with Gasteiger partial charge in [0.2, 0.25) is 11.8 Å². The zero-order chi connectivity index (χ0) is 17.4. The molecule has 130 valence electrons. The van der Waals surface area contributed by atoms with Crippen molar-refractivity contribution in [3.63, 3.8) is 0 Å². The molecule has 0 radical (unpaired) electrons. The van der Waals surface area contributed by atoms with Gasteiger partial charge in [0.25, 0.3) is 0 Å². The minimum atomic E-state index is 0.346. The molecule has 3 aromatic heterocycles. The van der Waals surface area contributed by atoms with Crippen LogP contribution in [0.15, 0.2) is 29.3 Å². The van der Waals surface area contributed by atoms with Gasteiger partial charge in [0.1, 0.15) is 0 Å². The van der Waals surface area contributed by atoms with E-state index in [1.54, 1.807) is 36.7 Å². The monoisotopic (exact) mass is 404 g/mol. The van der Waals surface area contributed by atoms with Crippen molar-refractivity contribution in [1.82, 2.24) is 34.7 Å². The molecule has 10 heteroatoms. The van der Waals surface area contributed by atoms with Crippen molar-refractivity contribution in [2.45, 2.75) is 31.8 Å². The fraction of sp³-hybridized carbons (Fsp3) is 0.400. The summed E-state index contributed by atoms with van der Waals surface area (Å²) in [5.41, 5.74) is 1.92. The minimum Gasteiger partial charge on any atom is -0.480 e. The number of anilines is 2. The Labute approximate surface area is 152 Å². The van der Waals surface area contributed by atoms with Crippen LogP contribution < -0.4 is 10.1 Å². The van der Waals surface area contributed by atoms with Gasteiger partial charge in [-0.2, -0.15) is 25.1 Å². The zero-order valence-electron chi connectivity index (χ0n) is 13.8. The number of halogens is 1. The second kappa shape index (κ2) is 6.43. The van der Waals surface area contributed by atoms with Gasteiger partial charge in [-0.1, -0.05) is 0 Å². The maximum Gasteiger partial charge on any atom is 0.232 e. The quantitative estimate of drug-likeness (QED) is 0.697. The number of rotatable bonds is 5. The van der Waals surface area contributed by atoms with E-state index < -0.39 is 0 Å². The highest BCUT2D eigenvalue weighted by atomic mass is 79.9. The van der Waals surface area contributed by atoms with E-state index in [1.165, 1.54) is 0 Å². The largest absolute Gasteiger partial charge is 0.480 e. The van der Waals surface area contributed by atoms with Gasteiger partial charge in [-0.25, -0.2) is 4.98 Å². The molecule has 1 saturated carbocycles. The molecule has 0 spiro atoms. The standard InChI is InChI=1S/C15H17BrN8O/c1-9-13(21-15-17-7-12(16)14(22-15)25-2)8-20-23(9)10-5-11(6-10)24-18-3-4-19-24/h3-4,7-8,10-11H,5-6H2,1-2H3,(H,17,21,22)/t10-,11-. The summed E-state index contributed by atoms with van der Waals surface area (Å²) in [5, 5.41) is 16.1. The summed E-state index contributed by atoms with van der Waals surface area (Å²) in [7, 11) is 1.57. The maximum atomic E-state index is 5.20. The Balaban J connectivity index is 1.47. The van der Waals surface area contributed by atoms with E-state index in [4.69, 9.17) is 4.74 Å². The summed E-state index contributed by atoms with van der Waals surface area (Å²) in [5.74, 6) is 0.950. The van der Waals surface area contributed by atoms with E-state index in [0.717, 1.165) is 24.2 Å². The third-order valence-corrected chi connectivity index (χ3v) is 4.94. The zero-order valence-corrected chi connectivity index (χ0v) is 15.4. The third kappa shape index (κ3) is 2.97. The highest BCUT2D eigenvalue weighted by Crippen LogP contribution is 2.41. The van der Waals surface area contributed by atoms with Gasteiger partial charge < -0.3 is 10.1 Å². The van der Waals surface area contributed by atoms with Gasteiger partial charge in [-0.15, -0.1) is 0 Å². The molecule has 0 aliphatic heterocycles. The van der Waals surface area contributed by atoms with Crippen molar-refractivity contribution >= 4 is 27.6 Å². The average Bonchev–Trinajstić information content (AvgIpc) is 3.21. The van der Waals surface area contributed by atoms with Crippen molar-refractivity contribution in [2.24, 2.45) is 0 Å². The van der Waals surface area contributed by atoms with Crippen LogP contribution in [0.25, 0.3) is 0 Å². The number of ether oxygens (including phenoxy) is 1. The van der Waals surface area contributed by atoms with Crippen molar-refractivity contribution in [3.05, 3.63) is 35.0 Å². The normalized spacial score (nSPS) is 19.5. The molecule has 0 aromatic carbocycles. The molecule has 0 saturated heterocycles. The van der Waals surface area contributed by atoms with Gasteiger partial charge in [0.15, 0.2) is 0 Å². The summed E-state index contributed by atoms with van der Waals surface area (Å²) in [4.78, 5) is 10.3. The van der Waals surface area contributed by atoms with Gasteiger partial charge in [-0.05, 0) is 35.7 Å². The Hall–Kier alpha value is -2.49. The summed E-state index contributed by atoms with van der Waals surface area (Å²) < 4.78 is 7.95. The smallest absolute Gasteiger partial charge is 0.232 e. The Kier molecular flexibility index (Phi) is 4.12. The summed E-state index contributed by atoms with van der Waals surface area (Å²) >= 11 is 3.35. The molecule has 4 rings (SSSR count). The summed E-state index contributed by atoms with van der Waals surface area (Å²) in [6.45, 7) is 2.03. The molecule has 0 amide bonds. The first-order valence-corrected chi connectivity index (χ1v) is 8.68. The van der Waals surface area contributed by atoms with E-state index in [-0.39, 0.29) is 0 Å². The maximum absolute atomic E-state index is 5.20. The fourth-order valence-corrected chi connectivity index (χ4v) is 3.30. The molecule has 25 heavy (non-hydrogen) atoms. The Morgan fingerprint density at radius 3 is 2.64 bits per heavy atom. The first kappa shape index (κ1) is 16.0. The van der Waals surface area contributed by atoms with Crippen LogP contribution in [0, 0.1) is 6.92 Å². The molecule has 1 N–H and O–H groups in total. The van der Waals surface area contributed by atoms with Crippen LogP contribution >= 0.6 is 15.9 Å². The van der Waals surface area contributed by atoms with E-state index >= 15 is 0 Å². The van der Waals surface area contributed by atoms with Crippen LogP contribution in [0.3, 0.4) is 0 Å². The van der Waals surface area contributed by atoms with E-state index in [1.807, 2.05) is 11.6 Å². The van der Waals surface area contributed by atoms with E-state index in [2.05, 4.69) is 46.5 Å². The number of hydrogen-bond donors (Lipinski definition) is 1. The lowest BCUT2D eigenvalue weighted by molar-refractivity contribution is 0.158. The van der Waals surface area contributed by atoms with E-state index in [0.29, 0.717) is 28.4 Å². The van der Waals surface area contributed by atoms with Crippen LogP contribution in [-0.4, -0.2) is 41.9 Å². The molecular formula is C15H17BrN8O. The SMILES string of the molecule is COc1nc(Nc2cnn([C@H]3C[C@H](n4nccn4)C3)c2C)ncc1Br. The van der Waals surface area contributed by atoms with E-state index in [9.17, 15) is 0 Å². The van der Waals surface area contributed by atoms with Gasteiger partial charge in [0.05, 0.1) is 59.8 Å². The molecule has 3 aromatic rings. The summed E-state index contributed by atoms with van der Waals surface area (Å²) in [6.07, 6.45) is 8.81. The first-order valence-electron chi connectivity index (χ1n) is 7.89. The predicted octanol–water partition coefficient (Wildman–Crippen LogP) is 2.66. The van der Waals surface area contributed by atoms with Crippen LogP contribution in [0.1, 0.15) is 30.6 Å². The fourth-order valence-electron chi connectivity index (χ4n) is 2.95. The molecule has 0 unspecified atom stereocenters. The van der Waals surface area contributed by atoms with Crippen molar-refractivity contribution < 1.29 is 4.74 Å². The molecular weight excluding hydrogens is 388 g/mol. The summed E-state index contributed by atoms with van der Waals surface area (Å²) in [6, 6.07) is 0.700. The second-order valence-electron chi connectivity index (χ2n) is 5.89. The molecule has 9 nitrogen and oxygen atoms in total. The predicted molar refractivity (Wildman–Crippen MR) is 93.9 cm³/mol. The Morgan fingerprint density at radius 1 is 1.16 bits per heavy atom. The minimum absolute atomic E-state index is 0.346. The Bertz CT molecular complexity index is 872. The number of nitrogens with one attached hydrogen (secondary N) is 1. The number of hydrogen-bond acceptors (Lipinski definition) is 7. The van der Waals surface area contributed by atoms with Crippen molar-refractivity contribution in [1.29, 1.82) is 0 Å². The number of aromatic nitrogens is 7. The first-order chi connectivity index (χ1) is 12.2. The van der Waals surface area contributed by atoms with Crippen LogP contribution in [-0.2, 0) is 0 Å². The van der Waals surface area contributed by atoms with Crippen LogP contribution in [0.2, 0.25) is 0 Å². The van der Waals surface area contributed by atoms with Crippen LogP contribution in [0.4, 0.5) is 11.6 Å². The molecule has 3 heterocycles. The number of methoxy groups -OCH3 is 1. The third-order valence-electron chi connectivity index (χ3n) is 4.39. The average molecular weight is 405 g/mol. The Morgan fingerprint density at radius 2 is 1.92 bits per heavy atom. The van der Waals surface area contributed by atoms with Gasteiger partial charge >= 0.3 is 0 Å². The highest BCUT2D eigenvalue weighted by Gasteiger charge is 2.34. The van der Waals surface area contributed by atoms with Crippen molar-refractivity contribution in [2.75, 3.05) is 12.4 Å².